The molecule has 14 heavy (non-hydrogen) atoms. The van der Waals surface area contributed by atoms with Gasteiger partial charge in [0.25, 0.3) is 0 Å². The fourth-order valence-electron chi connectivity index (χ4n) is 1.95. The summed E-state index contributed by atoms with van der Waals surface area (Å²) in [6.07, 6.45) is 0.535. The molecule has 0 bridgehead atoms. The summed E-state index contributed by atoms with van der Waals surface area (Å²) < 4.78 is 5.49. The largest absolute Gasteiger partial charge is 0.356 e. The highest BCUT2D eigenvalue weighted by Crippen LogP contribution is 2.27. The monoisotopic (exact) mass is 199 g/mol. The molecule has 0 spiro atoms. The minimum atomic E-state index is -0.147. The van der Waals surface area contributed by atoms with Gasteiger partial charge in [-0.2, -0.15) is 0 Å². The molecule has 1 saturated heterocycles. The molecular weight excluding hydrogens is 178 g/mol. The van der Waals surface area contributed by atoms with E-state index in [1.165, 1.54) is 0 Å². The molecule has 0 aromatic carbocycles. The Bertz CT molecular complexity index is 223. The minimum Gasteiger partial charge on any atom is -0.356 e. The molecule has 0 aliphatic carbocycles. The first-order valence-corrected chi connectivity index (χ1v) is 5.28. The summed E-state index contributed by atoms with van der Waals surface area (Å²) in [5, 5.41) is 0. The molecule has 1 rings (SSSR count). The van der Waals surface area contributed by atoms with E-state index in [9.17, 15) is 4.79 Å². The Labute approximate surface area is 86.4 Å². The maximum Gasteiger partial charge on any atom is 0.225 e. The van der Waals surface area contributed by atoms with Crippen LogP contribution in [0.5, 0.6) is 0 Å². The fourth-order valence-corrected chi connectivity index (χ4v) is 1.95. The third-order valence-corrected chi connectivity index (χ3v) is 2.55. The van der Waals surface area contributed by atoms with Crippen LogP contribution in [0.15, 0.2) is 0 Å². The lowest BCUT2D eigenvalue weighted by molar-refractivity contribution is -0.139. The van der Waals surface area contributed by atoms with Crippen LogP contribution in [0.2, 0.25) is 0 Å². The normalized spacial score (nSPS) is 25.9. The summed E-state index contributed by atoms with van der Waals surface area (Å²) in [4.78, 5) is 13.8. The summed E-state index contributed by atoms with van der Waals surface area (Å²) in [6, 6.07) is 0. The molecule has 1 atom stereocenters. The Morgan fingerprint density at radius 3 is 2.50 bits per heavy atom. The van der Waals surface area contributed by atoms with Crippen LogP contribution in [0.4, 0.5) is 0 Å². The van der Waals surface area contributed by atoms with Crippen molar-refractivity contribution < 1.29 is 9.53 Å². The second-order valence-corrected chi connectivity index (χ2v) is 5.08. The summed E-state index contributed by atoms with van der Waals surface area (Å²) in [7, 11) is 0. The van der Waals surface area contributed by atoms with Gasteiger partial charge in [-0.3, -0.25) is 4.79 Å². The number of carbonyl (C=O) groups excluding carboxylic acids is 1. The molecule has 82 valence electrons. The SMILES string of the molecule is CC(C)CC(=O)N1C(C)OCC1(C)C. The van der Waals surface area contributed by atoms with Gasteiger partial charge in [-0.15, -0.1) is 0 Å². The third-order valence-electron chi connectivity index (χ3n) is 2.55. The van der Waals surface area contributed by atoms with E-state index in [1.807, 2.05) is 11.8 Å². The number of nitrogens with zero attached hydrogens (tertiary/aromatic N) is 1. The summed E-state index contributed by atoms with van der Waals surface area (Å²) >= 11 is 0. The standard InChI is InChI=1S/C11H21NO2/c1-8(2)6-10(13)12-9(3)14-7-11(12,4)5/h8-9H,6-7H2,1-5H3. The van der Waals surface area contributed by atoms with E-state index < -0.39 is 0 Å². The van der Waals surface area contributed by atoms with Gasteiger partial charge >= 0.3 is 0 Å². The molecule has 1 fully saturated rings. The van der Waals surface area contributed by atoms with Gasteiger partial charge in [0.05, 0.1) is 12.1 Å². The van der Waals surface area contributed by atoms with Gasteiger partial charge in [0, 0.05) is 6.42 Å². The smallest absolute Gasteiger partial charge is 0.225 e. The van der Waals surface area contributed by atoms with Crippen LogP contribution in [0, 0.1) is 5.92 Å². The molecule has 1 aliphatic heterocycles. The van der Waals surface area contributed by atoms with Crippen molar-refractivity contribution in [3.8, 4) is 0 Å². The van der Waals surface area contributed by atoms with Gasteiger partial charge in [0.1, 0.15) is 6.23 Å². The maximum absolute atomic E-state index is 11.9. The first kappa shape index (κ1) is 11.5. The van der Waals surface area contributed by atoms with Crippen molar-refractivity contribution in [1.82, 2.24) is 4.90 Å². The summed E-state index contributed by atoms with van der Waals surface area (Å²) in [5.41, 5.74) is -0.147. The molecule has 1 unspecified atom stereocenters. The number of rotatable bonds is 2. The average molecular weight is 199 g/mol. The molecule has 3 heteroatoms. The summed E-state index contributed by atoms with van der Waals surface area (Å²) in [6.45, 7) is 10.8. The second-order valence-electron chi connectivity index (χ2n) is 5.08. The van der Waals surface area contributed by atoms with Crippen molar-refractivity contribution in [2.24, 2.45) is 5.92 Å². The molecular formula is C11H21NO2. The van der Waals surface area contributed by atoms with Crippen LogP contribution >= 0.6 is 0 Å². The molecule has 0 radical (unpaired) electrons. The van der Waals surface area contributed by atoms with Crippen LogP contribution < -0.4 is 0 Å². The number of hydrogen-bond acceptors (Lipinski definition) is 2. The van der Waals surface area contributed by atoms with Gasteiger partial charge < -0.3 is 9.64 Å². The first-order chi connectivity index (χ1) is 6.34. The van der Waals surface area contributed by atoms with Crippen LogP contribution in [0.25, 0.3) is 0 Å². The average Bonchev–Trinajstić information content (AvgIpc) is 2.24. The van der Waals surface area contributed by atoms with Crippen molar-refractivity contribution >= 4 is 5.91 Å². The van der Waals surface area contributed by atoms with Crippen molar-refractivity contribution in [2.75, 3.05) is 6.61 Å². The lowest BCUT2D eigenvalue weighted by atomic mass is 10.0. The predicted molar refractivity (Wildman–Crippen MR) is 55.8 cm³/mol. The number of ether oxygens (including phenoxy) is 1. The van der Waals surface area contributed by atoms with E-state index in [4.69, 9.17) is 4.74 Å². The Hall–Kier alpha value is -0.570. The summed E-state index contributed by atoms with van der Waals surface area (Å²) in [5.74, 6) is 0.612. The van der Waals surface area contributed by atoms with Gasteiger partial charge in [-0.05, 0) is 26.7 Å². The van der Waals surface area contributed by atoms with Gasteiger partial charge in [0.15, 0.2) is 0 Å². The van der Waals surface area contributed by atoms with Gasteiger partial charge in [-0.25, -0.2) is 0 Å². The number of hydrogen-bond donors (Lipinski definition) is 0. The molecule has 0 saturated carbocycles. The molecule has 1 heterocycles. The first-order valence-electron chi connectivity index (χ1n) is 5.28. The van der Waals surface area contributed by atoms with Crippen LogP contribution in [-0.2, 0) is 9.53 Å². The lowest BCUT2D eigenvalue weighted by Crippen LogP contribution is -2.47. The van der Waals surface area contributed by atoms with Crippen molar-refractivity contribution in [1.29, 1.82) is 0 Å². The van der Waals surface area contributed by atoms with Gasteiger partial charge in [0.2, 0.25) is 5.91 Å². The topological polar surface area (TPSA) is 29.5 Å². The van der Waals surface area contributed by atoms with E-state index in [-0.39, 0.29) is 17.7 Å². The van der Waals surface area contributed by atoms with E-state index >= 15 is 0 Å². The zero-order chi connectivity index (χ0) is 10.9. The maximum atomic E-state index is 11.9. The highest BCUT2D eigenvalue weighted by atomic mass is 16.5. The minimum absolute atomic E-state index is 0.0729. The molecule has 1 amide bonds. The Morgan fingerprint density at radius 2 is 2.14 bits per heavy atom. The highest BCUT2D eigenvalue weighted by molar-refractivity contribution is 5.77. The van der Waals surface area contributed by atoms with Crippen molar-refractivity contribution in [3.05, 3.63) is 0 Å². The quantitative estimate of drug-likeness (QED) is 0.681. The number of amides is 1. The van der Waals surface area contributed by atoms with E-state index in [0.29, 0.717) is 18.9 Å². The Balaban J connectivity index is 2.69. The van der Waals surface area contributed by atoms with E-state index in [2.05, 4.69) is 27.7 Å². The van der Waals surface area contributed by atoms with Crippen LogP contribution in [-0.4, -0.2) is 29.2 Å². The molecule has 0 N–H and O–H groups in total. The third kappa shape index (κ3) is 2.27. The van der Waals surface area contributed by atoms with Crippen molar-refractivity contribution in [3.63, 3.8) is 0 Å². The second kappa shape index (κ2) is 3.89. The molecule has 0 aromatic heterocycles. The Kier molecular flexibility index (Phi) is 3.20. The van der Waals surface area contributed by atoms with E-state index in [1.54, 1.807) is 0 Å². The predicted octanol–water partition coefficient (Wildman–Crippen LogP) is 2.02. The Morgan fingerprint density at radius 1 is 1.57 bits per heavy atom. The highest BCUT2D eigenvalue weighted by Gasteiger charge is 2.41. The van der Waals surface area contributed by atoms with Crippen molar-refractivity contribution in [2.45, 2.75) is 52.8 Å². The van der Waals surface area contributed by atoms with E-state index in [0.717, 1.165) is 0 Å². The zero-order valence-corrected chi connectivity index (χ0v) is 9.83. The lowest BCUT2D eigenvalue weighted by Gasteiger charge is -2.32. The molecule has 1 aliphatic rings. The van der Waals surface area contributed by atoms with Crippen LogP contribution in [0.3, 0.4) is 0 Å². The van der Waals surface area contributed by atoms with Crippen LogP contribution in [0.1, 0.15) is 41.0 Å². The fraction of sp³-hybridized carbons (Fsp3) is 0.909. The molecule has 3 nitrogen and oxygen atoms in total. The van der Waals surface area contributed by atoms with Gasteiger partial charge in [-0.1, -0.05) is 13.8 Å². The molecule has 0 aromatic rings. The number of carbonyl (C=O) groups is 1. The zero-order valence-electron chi connectivity index (χ0n) is 9.83.